The number of methoxy groups -OCH3 is 1. The van der Waals surface area contributed by atoms with Gasteiger partial charge in [0.1, 0.15) is 18.0 Å². The van der Waals surface area contributed by atoms with Crippen molar-refractivity contribution in [3.63, 3.8) is 0 Å². The summed E-state index contributed by atoms with van der Waals surface area (Å²) in [6, 6.07) is 9.18. The third kappa shape index (κ3) is 4.79. The summed E-state index contributed by atoms with van der Waals surface area (Å²) in [6.45, 7) is 4.46. The Bertz CT molecular complexity index is 1290. The van der Waals surface area contributed by atoms with Gasteiger partial charge in [-0.1, -0.05) is 6.07 Å². The molecule has 0 unspecified atom stereocenters. The number of ketones is 1. The molecular formula is C25H25N3O6. The molecule has 1 aromatic carbocycles. The summed E-state index contributed by atoms with van der Waals surface area (Å²) >= 11 is 0. The third-order valence-corrected chi connectivity index (χ3v) is 5.07. The second kappa shape index (κ2) is 10.2. The van der Waals surface area contributed by atoms with Crippen LogP contribution in [0.25, 0.3) is 17.1 Å². The topological polar surface area (TPSA) is 112 Å². The molecule has 3 aromatic rings. The van der Waals surface area contributed by atoms with Gasteiger partial charge < -0.3 is 29.2 Å². The number of pyridine rings is 1. The number of allylic oxidation sites excluding steroid dienone is 1. The molecule has 0 bridgehead atoms. The molecule has 0 radical (unpaired) electrons. The normalized spacial score (nSPS) is 14.6. The zero-order chi connectivity index (χ0) is 24.1. The van der Waals surface area contributed by atoms with Gasteiger partial charge in [-0.05, 0) is 49.8 Å². The van der Waals surface area contributed by atoms with E-state index in [0.717, 1.165) is 10.9 Å². The number of Topliss-reactive ketones (excluding diaryl/α,β-unsaturated/α-hetero) is 1. The zero-order valence-electron chi connectivity index (χ0n) is 19.1. The molecule has 9 heteroatoms. The number of esters is 1. The molecule has 9 nitrogen and oxygen atoms in total. The Morgan fingerprint density at radius 2 is 2.12 bits per heavy atom. The maximum atomic E-state index is 13.2. The molecule has 1 aliphatic heterocycles. The van der Waals surface area contributed by atoms with Gasteiger partial charge in [-0.2, -0.15) is 0 Å². The van der Waals surface area contributed by atoms with E-state index in [-0.39, 0.29) is 23.8 Å². The van der Waals surface area contributed by atoms with Gasteiger partial charge in [0.05, 0.1) is 18.9 Å². The molecule has 0 aliphatic carbocycles. The SMILES string of the molecule is CCOC(=O)C1=C(Nc2ccc(C)cc2OCCOC)OC(=Cc2c[nH]c3ncccc23)C1=O. The van der Waals surface area contributed by atoms with Gasteiger partial charge in [0.25, 0.3) is 0 Å². The molecular weight excluding hydrogens is 438 g/mol. The van der Waals surface area contributed by atoms with Crippen molar-refractivity contribution < 1.29 is 28.5 Å². The Morgan fingerprint density at radius 3 is 2.91 bits per heavy atom. The highest BCUT2D eigenvalue weighted by atomic mass is 16.5. The highest BCUT2D eigenvalue weighted by molar-refractivity contribution is 6.26. The average molecular weight is 463 g/mol. The number of nitrogens with one attached hydrogen (secondary N) is 2. The quantitative estimate of drug-likeness (QED) is 0.214. The smallest absolute Gasteiger partial charge is 0.347 e. The van der Waals surface area contributed by atoms with E-state index in [9.17, 15) is 9.59 Å². The monoisotopic (exact) mass is 463 g/mol. The number of H-pyrrole nitrogens is 1. The summed E-state index contributed by atoms with van der Waals surface area (Å²) in [7, 11) is 1.59. The van der Waals surface area contributed by atoms with E-state index in [1.807, 2.05) is 25.1 Å². The minimum Gasteiger partial charge on any atom is -0.489 e. The van der Waals surface area contributed by atoms with Gasteiger partial charge in [0.15, 0.2) is 11.3 Å². The minimum atomic E-state index is -0.770. The molecule has 176 valence electrons. The molecule has 0 spiro atoms. The van der Waals surface area contributed by atoms with Gasteiger partial charge in [0, 0.05) is 30.5 Å². The van der Waals surface area contributed by atoms with Crippen LogP contribution in [0.1, 0.15) is 18.1 Å². The number of nitrogens with zero attached hydrogens (tertiary/aromatic N) is 1. The van der Waals surface area contributed by atoms with Crippen molar-refractivity contribution in [2.75, 3.05) is 32.2 Å². The number of carbonyl (C=O) groups is 2. The summed E-state index contributed by atoms with van der Waals surface area (Å²) in [6.07, 6.45) is 4.96. The van der Waals surface area contributed by atoms with Crippen LogP contribution in [0.5, 0.6) is 5.75 Å². The van der Waals surface area contributed by atoms with Crippen molar-refractivity contribution in [2.45, 2.75) is 13.8 Å². The molecule has 0 saturated carbocycles. The van der Waals surface area contributed by atoms with Crippen LogP contribution < -0.4 is 10.1 Å². The van der Waals surface area contributed by atoms with Crippen molar-refractivity contribution in [1.82, 2.24) is 9.97 Å². The lowest BCUT2D eigenvalue weighted by atomic mass is 10.1. The fourth-order valence-electron chi connectivity index (χ4n) is 3.45. The molecule has 2 aromatic heterocycles. The number of aromatic nitrogens is 2. The van der Waals surface area contributed by atoms with Crippen LogP contribution in [0.4, 0.5) is 5.69 Å². The molecule has 0 fully saturated rings. The number of hydrogen-bond donors (Lipinski definition) is 2. The molecule has 0 amide bonds. The summed E-state index contributed by atoms with van der Waals surface area (Å²) in [5.41, 5.74) is 2.68. The van der Waals surface area contributed by atoms with Gasteiger partial charge in [-0.3, -0.25) is 4.79 Å². The van der Waals surface area contributed by atoms with Gasteiger partial charge in [0.2, 0.25) is 11.7 Å². The van der Waals surface area contributed by atoms with Crippen LogP contribution in [0.3, 0.4) is 0 Å². The van der Waals surface area contributed by atoms with E-state index >= 15 is 0 Å². The molecule has 4 rings (SSSR count). The summed E-state index contributed by atoms with van der Waals surface area (Å²) in [5.74, 6) is -0.845. The fourth-order valence-corrected chi connectivity index (χ4v) is 3.45. The summed E-state index contributed by atoms with van der Waals surface area (Å²) in [5, 5.41) is 3.86. The standard InChI is InChI=1S/C25H25N3O6/c1-4-32-25(30)21-22(29)20(13-16-14-27-23-17(16)6-5-9-26-23)34-24(21)28-18-8-7-15(2)12-19(18)33-11-10-31-3/h5-9,12-14,28H,4,10-11H2,1-3H3,(H,26,27). The zero-order valence-corrected chi connectivity index (χ0v) is 19.1. The first-order chi connectivity index (χ1) is 16.5. The number of fused-ring (bicyclic) bond motifs is 1. The lowest BCUT2D eigenvalue weighted by molar-refractivity contribution is -0.139. The summed E-state index contributed by atoms with van der Waals surface area (Å²) < 4.78 is 21.8. The Morgan fingerprint density at radius 1 is 1.26 bits per heavy atom. The second-order valence-corrected chi connectivity index (χ2v) is 7.47. The van der Waals surface area contributed by atoms with Crippen LogP contribution in [-0.4, -0.2) is 48.7 Å². The molecule has 0 atom stereocenters. The number of aryl methyl sites for hydroxylation is 1. The van der Waals surface area contributed by atoms with E-state index in [1.165, 1.54) is 0 Å². The molecule has 0 saturated heterocycles. The van der Waals surface area contributed by atoms with Crippen molar-refractivity contribution >= 4 is 34.5 Å². The predicted octanol–water partition coefficient (Wildman–Crippen LogP) is 3.72. The Balaban J connectivity index is 1.68. The second-order valence-electron chi connectivity index (χ2n) is 7.47. The largest absolute Gasteiger partial charge is 0.489 e. The van der Waals surface area contributed by atoms with Gasteiger partial charge in [-0.15, -0.1) is 0 Å². The lowest BCUT2D eigenvalue weighted by Crippen LogP contribution is -2.16. The highest BCUT2D eigenvalue weighted by Gasteiger charge is 2.37. The van der Waals surface area contributed by atoms with E-state index in [1.54, 1.807) is 44.6 Å². The van der Waals surface area contributed by atoms with Crippen LogP contribution in [0.15, 0.2) is 59.9 Å². The van der Waals surface area contributed by atoms with E-state index in [0.29, 0.717) is 35.9 Å². The minimum absolute atomic E-state index is 0.00994. The Hall–Kier alpha value is -4.11. The van der Waals surface area contributed by atoms with Gasteiger partial charge >= 0.3 is 5.97 Å². The lowest BCUT2D eigenvalue weighted by Gasteiger charge is -2.15. The number of benzene rings is 1. The third-order valence-electron chi connectivity index (χ3n) is 5.07. The first-order valence-electron chi connectivity index (χ1n) is 10.8. The molecule has 3 heterocycles. The average Bonchev–Trinajstić information content (AvgIpc) is 3.37. The van der Waals surface area contributed by atoms with Crippen molar-refractivity contribution in [2.24, 2.45) is 0 Å². The molecule has 2 N–H and O–H groups in total. The number of rotatable bonds is 9. The van der Waals surface area contributed by atoms with Crippen LogP contribution in [0, 0.1) is 6.92 Å². The maximum Gasteiger partial charge on any atom is 0.347 e. The number of anilines is 1. The Labute approximate surface area is 196 Å². The first-order valence-corrected chi connectivity index (χ1v) is 10.8. The highest BCUT2D eigenvalue weighted by Crippen LogP contribution is 2.33. The van der Waals surface area contributed by atoms with E-state index < -0.39 is 11.8 Å². The van der Waals surface area contributed by atoms with Crippen molar-refractivity contribution in [3.8, 4) is 5.75 Å². The number of ether oxygens (including phenoxy) is 4. The van der Waals surface area contributed by atoms with Crippen molar-refractivity contribution in [3.05, 3.63) is 71.1 Å². The van der Waals surface area contributed by atoms with E-state index in [4.69, 9.17) is 18.9 Å². The molecule has 34 heavy (non-hydrogen) atoms. The maximum absolute atomic E-state index is 13.2. The van der Waals surface area contributed by atoms with Gasteiger partial charge in [-0.25, -0.2) is 9.78 Å². The van der Waals surface area contributed by atoms with Crippen LogP contribution in [0.2, 0.25) is 0 Å². The fraction of sp³-hybridized carbons (Fsp3) is 0.240. The van der Waals surface area contributed by atoms with Crippen molar-refractivity contribution in [1.29, 1.82) is 0 Å². The van der Waals surface area contributed by atoms with Crippen LogP contribution in [-0.2, 0) is 23.8 Å². The number of aromatic amines is 1. The summed E-state index contributed by atoms with van der Waals surface area (Å²) in [4.78, 5) is 33.1. The van der Waals surface area contributed by atoms with Crippen LogP contribution >= 0.6 is 0 Å². The van der Waals surface area contributed by atoms with E-state index in [2.05, 4.69) is 15.3 Å². The predicted molar refractivity (Wildman–Crippen MR) is 126 cm³/mol. The number of hydrogen-bond acceptors (Lipinski definition) is 8. The number of carbonyl (C=O) groups excluding carboxylic acids is 2. The molecule has 1 aliphatic rings. The Kier molecular flexibility index (Phi) is 6.93. The first kappa shape index (κ1) is 23.1.